The highest BCUT2D eigenvalue weighted by molar-refractivity contribution is 9.10. The molecule has 1 aromatic rings. The molecule has 0 heterocycles. The summed E-state index contributed by atoms with van der Waals surface area (Å²) in [6, 6.07) is 5.93. The Morgan fingerprint density at radius 2 is 2.17 bits per heavy atom. The summed E-state index contributed by atoms with van der Waals surface area (Å²) in [6.45, 7) is 10.9. The Labute approximate surface area is 81.4 Å². The molecule has 0 radical (unpaired) electrons. The van der Waals surface area contributed by atoms with Crippen molar-refractivity contribution in [2.24, 2.45) is 0 Å². The van der Waals surface area contributed by atoms with E-state index in [4.69, 9.17) is 6.57 Å². The molecule has 12 heavy (non-hydrogen) atoms. The van der Waals surface area contributed by atoms with E-state index in [1.165, 1.54) is 5.56 Å². The van der Waals surface area contributed by atoms with Crippen LogP contribution < -0.4 is 0 Å². The molecule has 0 aliphatic rings. The van der Waals surface area contributed by atoms with Crippen molar-refractivity contribution >= 4 is 15.9 Å². The van der Waals surface area contributed by atoms with Crippen LogP contribution in [0.25, 0.3) is 4.85 Å². The van der Waals surface area contributed by atoms with Gasteiger partial charge in [-0.05, 0) is 18.6 Å². The van der Waals surface area contributed by atoms with Crippen molar-refractivity contribution in [1.82, 2.24) is 0 Å². The molecule has 62 valence electrons. The number of rotatable bonds is 1. The molecule has 0 saturated heterocycles. The fourth-order valence-corrected chi connectivity index (χ4v) is 1.53. The van der Waals surface area contributed by atoms with Crippen LogP contribution in [0.5, 0.6) is 0 Å². The van der Waals surface area contributed by atoms with Crippen LogP contribution in [0, 0.1) is 13.5 Å². The normalized spacial score (nSPS) is 12.2. The highest BCUT2D eigenvalue weighted by Gasteiger charge is 2.12. The summed E-state index contributed by atoms with van der Waals surface area (Å²) < 4.78 is 1.08. The number of hydrogen-bond acceptors (Lipinski definition) is 0. The molecular formula is C10H10BrN. The summed E-state index contributed by atoms with van der Waals surface area (Å²) in [5.74, 6) is 0. The third kappa shape index (κ3) is 1.67. The van der Waals surface area contributed by atoms with Gasteiger partial charge in [-0.2, -0.15) is 0 Å². The number of hydrogen-bond donors (Lipinski definition) is 0. The minimum absolute atomic E-state index is 0.0394. The first-order valence-corrected chi connectivity index (χ1v) is 4.57. The van der Waals surface area contributed by atoms with Crippen LogP contribution in [-0.4, -0.2) is 0 Å². The van der Waals surface area contributed by atoms with E-state index in [0.29, 0.717) is 0 Å². The van der Waals surface area contributed by atoms with Gasteiger partial charge in [0.2, 0.25) is 6.04 Å². The third-order valence-electron chi connectivity index (χ3n) is 1.95. The lowest BCUT2D eigenvalue weighted by atomic mass is 10.0. The SMILES string of the molecule is [C-]#[N+]C(C)c1cccc(Br)c1C. The third-order valence-corrected chi connectivity index (χ3v) is 2.81. The minimum Gasteiger partial charge on any atom is -0.309 e. The molecule has 1 nitrogen and oxygen atoms in total. The molecule has 1 unspecified atom stereocenters. The molecular weight excluding hydrogens is 214 g/mol. The molecule has 0 fully saturated rings. The van der Waals surface area contributed by atoms with E-state index in [0.717, 1.165) is 10.0 Å². The molecule has 2 heteroatoms. The minimum atomic E-state index is -0.0394. The van der Waals surface area contributed by atoms with Crippen LogP contribution in [0.15, 0.2) is 22.7 Å². The smallest absolute Gasteiger partial charge is 0.246 e. The van der Waals surface area contributed by atoms with Crippen molar-refractivity contribution in [1.29, 1.82) is 0 Å². The van der Waals surface area contributed by atoms with Crippen molar-refractivity contribution in [3.8, 4) is 0 Å². The molecule has 1 rings (SSSR count). The second-order valence-electron chi connectivity index (χ2n) is 2.76. The Balaban J connectivity index is 3.18. The summed E-state index contributed by atoms with van der Waals surface area (Å²) in [5.41, 5.74) is 2.28. The zero-order valence-electron chi connectivity index (χ0n) is 7.13. The predicted molar refractivity (Wildman–Crippen MR) is 53.9 cm³/mol. The average molecular weight is 224 g/mol. The van der Waals surface area contributed by atoms with Gasteiger partial charge in [0.05, 0.1) is 0 Å². The van der Waals surface area contributed by atoms with E-state index in [1.54, 1.807) is 0 Å². The maximum absolute atomic E-state index is 6.92. The maximum atomic E-state index is 6.92. The van der Waals surface area contributed by atoms with Gasteiger partial charge in [0.1, 0.15) is 0 Å². The van der Waals surface area contributed by atoms with E-state index in [9.17, 15) is 0 Å². The van der Waals surface area contributed by atoms with Gasteiger partial charge in [0.15, 0.2) is 0 Å². The molecule has 0 amide bonds. The van der Waals surface area contributed by atoms with Gasteiger partial charge >= 0.3 is 0 Å². The second kappa shape index (κ2) is 3.73. The Kier molecular flexibility index (Phi) is 2.88. The average Bonchev–Trinajstić information content (AvgIpc) is 2.08. The zero-order chi connectivity index (χ0) is 9.14. The molecule has 1 atom stereocenters. The predicted octanol–water partition coefficient (Wildman–Crippen LogP) is 3.74. The van der Waals surface area contributed by atoms with Gasteiger partial charge in [-0.25, -0.2) is 6.57 Å². The van der Waals surface area contributed by atoms with Gasteiger partial charge in [-0.3, -0.25) is 0 Å². The second-order valence-corrected chi connectivity index (χ2v) is 3.61. The van der Waals surface area contributed by atoms with Crippen LogP contribution >= 0.6 is 15.9 Å². The van der Waals surface area contributed by atoms with Gasteiger partial charge in [0, 0.05) is 17.0 Å². The topological polar surface area (TPSA) is 4.36 Å². The monoisotopic (exact) mass is 223 g/mol. The Hall–Kier alpha value is -0.810. The Bertz CT molecular complexity index is 325. The van der Waals surface area contributed by atoms with Crippen LogP contribution in [0.4, 0.5) is 0 Å². The van der Waals surface area contributed by atoms with Gasteiger partial charge in [-0.15, -0.1) is 0 Å². The van der Waals surface area contributed by atoms with E-state index >= 15 is 0 Å². The van der Waals surface area contributed by atoms with Crippen LogP contribution in [0.1, 0.15) is 24.1 Å². The highest BCUT2D eigenvalue weighted by Crippen LogP contribution is 2.26. The van der Waals surface area contributed by atoms with Crippen molar-refractivity contribution in [3.05, 3.63) is 45.2 Å². The highest BCUT2D eigenvalue weighted by atomic mass is 79.9. The number of halogens is 1. The summed E-state index contributed by atoms with van der Waals surface area (Å²) in [7, 11) is 0. The molecule has 0 bridgehead atoms. The van der Waals surface area contributed by atoms with Gasteiger partial charge < -0.3 is 4.85 Å². The van der Waals surface area contributed by atoms with Crippen LogP contribution in [0.2, 0.25) is 0 Å². The van der Waals surface area contributed by atoms with Crippen molar-refractivity contribution in [2.45, 2.75) is 19.9 Å². The van der Waals surface area contributed by atoms with Crippen LogP contribution in [-0.2, 0) is 0 Å². The first kappa shape index (κ1) is 9.28. The maximum Gasteiger partial charge on any atom is 0.246 e. The lowest BCUT2D eigenvalue weighted by Gasteiger charge is -2.05. The van der Waals surface area contributed by atoms with Gasteiger partial charge in [-0.1, -0.05) is 28.1 Å². The molecule has 0 aromatic heterocycles. The van der Waals surface area contributed by atoms with Crippen molar-refractivity contribution in [3.63, 3.8) is 0 Å². The van der Waals surface area contributed by atoms with Crippen molar-refractivity contribution < 1.29 is 0 Å². The molecule has 0 aliphatic heterocycles. The van der Waals surface area contributed by atoms with Crippen molar-refractivity contribution in [2.75, 3.05) is 0 Å². The molecule has 0 aliphatic carbocycles. The van der Waals surface area contributed by atoms with E-state index < -0.39 is 0 Å². The summed E-state index contributed by atoms with van der Waals surface area (Å²) >= 11 is 3.44. The van der Waals surface area contributed by atoms with E-state index in [2.05, 4.69) is 20.8 Å². The standard InChI is InChI=1S/C10H10BrN/c1-7-9(8(2)12-3)5-4-6-10(7)11/h4-6,8H,1-2H3. The Morgan fingerprint density at radius 3 is 2.75 bits per heavy atom. The first-order chi connectivity index (χ1) is 5.66. The van der Waals surface area contributed by atoms with Gasteiger partial charge in [0.25, 0.3) is 0 Å². The lowest BCUT2D eigenvalue weighted by Crippen LogP contribution is -1.91. The molecule has 0 N–H and O–H groups in total. The number of benzene rings is 1. The zero-order valence-corrected chi connectivity index (χ0v) is 8.72. The Morgan fingerprint density at radius 1 is 1.50 bits per heavy atom. The molecule has 0 spiro atoms. The van der Waals surface area contributed by atoms with E-state index in [-0.39, 0.29) is 6.04 Å². The number of nitrogens with zero attached hydrogens (tertiary/aromatic N) is 1. The molecule has 0 saturated carbocycles. The summed E-state index contributed by atoms with van der Waals surface area (Å²) in [4.78, 5) is 3.49. The van der Waals surface area contributed by atoms with E-state index in [1.807, 2.05) is 32.0 Å². The largest absolute Gasteiger partial charge is 0.309 e. The van der Waals surface area contributed by atoms with Crippen LogP contribution in [0.3, 0.4) is 0 Å². The molecule has 1 aromatic carbocycles. The summed E-state index contributed by atoms with van der Waals surface area (Å²) in [5, 5.41) is 0. The summed E-state index contributed by atoms with van der Waals surface area (Å²) in [6.07, 6.45) is 0. The quantitative estimate of drug-likeness (QED) is 0.640. The first-order valence-electron chi connectivity index (χ1n) is 3.78. The lowest BCUT2D eigenvalue weighted by molar-refractivity contribution is 0.944. The fraction of sp³-hybridized carbons (Fsp3) is 0.300. The fourth-order valence-electron chi connectivity index (χ4n) is 1.15.